The number of hydrogen-bond acceptors (Lipinski definition) is 2. The molecule has 1 saturated heterocycles. The third-order valence-corrected chi connectivity index (χ3v) is 2.27. The molecule has 0 aromatic carbocycles. The summed E-state index contributed by atoms with van der Waals surface area (Å²) in [7, 11) is 0. The number of carbonyl (C=O) groups excluding carboxylic acids is 1. The molecule has 2 heteroatoms. The molecule has 0 aromatic heterocycles. The highest BCUT2D eigenvalue weighted by molar-refractivity contribution is 5.70. The Bertz CT molecular complexity index is 186. The molecule has 0 amide bonds. The molecule has 0 radical (unpaired) electrons. The number of esters is 1. The fourth-order valence-electron chi connectivity index (χ4n) is 1.59. The summed E-state index contributed by atoms with van der Waals surface area (Å²) in [5, 5.41) is 0. The third-order valence-electron chi connectivity index (χ3n) is 2.27. The number of cyclic esters (lactones) is 1. The molecule has 0 saturated carbocycles. The van der Waals surface area contributed by atoms with Crippen LogP contribution in [-0.2, 0) is 9.53 Å². The van der Waals surface area contributed by atoms with E-state index in [1.165, 1.54) is 0 Å². The van der Waals surface area contributed by atoms with Crippen molar-refractivity contribution in [2.45, 2.75) is 44.6 Å². The second kappa shape index (κ2) is 3.74. The number of hydrogen-bond donors (Lipinski definition) is 0. The van der Waals surface area contributed by atoms with Crippen LogP contribution >= 0.6 is 0 Å². The summed E-state index contributed by atoms with van der Waals surface area (Å²) in [6.45, 7) is 5.65. The SMILES string of the molecule is C=CC[C@]1(C)CCCCC(=O)O1. The van der Waals surface area contributed by atoms with Crippen molar-refractivity contribution >= 4 is 5.97 Å². The van der Waals surface area contributed by atoms with Crippen molar-refractivity contribution in [1.82, 2.24) is 0 Å². The van der Waals surface area contributed by atoms with E-state index in [0.29, 0.717) is 6.42 Å². The first kappa shape index (κ1) is 9.30. The summed E-state index contributed by atoms with van der Waals surface area (Å²) in [4.78, 5) is 11.1. The average Bonchev–Trinajstić information content (AvgIpc) is 2.12. The molecule has 68 valence electrons. The molecule has 0 unspecified atom stereocenters. The molecule has 1 rings (SSSR count). The van der Waals surface area contributed by atoms with Gasteiger partial charge in [-0.3, -0.25) is 4.79 Å². The summed E-state index contributed by atoms with van der Waals surface area (Å²) < 4.78 is 5.33. The highest BCUT2D eigenvalue weighted by Gasteiger charge is 2.29. The number of ether oxygens (including phenoxy) is 1. The Morgan fingerprint density at radius 2 is 2.42 bits per heavy atom. The van der Waals surface area contributed by atoms with Crippen molar-refractivity contribution in [1.29, 1.82) is 0 Å². The minimum atomic E-state index is -0.282. The quantitative estimate of drug-likeness (QED) is 0.467. The van der Waals surface area contributed by atoms with Crippen LogP contribution in [-0.4, -0.2) is 11.6 Å². The van der Waals surface area contributed by atoms with E-state index in [9.17, 15) is 4.79 Å². The van der Waals surface area contributed by atoms with Crippen LogP contribution in [0.3, 0.4) is 0 Å². The number of carbonyl (C=O) groups is 1. The summed E-state index contributed by atoms with van der Waals surface area (Å²) in [6.07, 6.45) is 6.16. The molecule has 1 fully saturated rings. The Morgan fingerprint density at radius 3 is 3.08 bits per heavy atom. The van der Waals surface area contributed by atoms with Gasteiger partial charge >= 0.3 is 5.97 Å². The van der Waals surface area contributed by atoms with E-state index in [-0.39, 0.29) is 11.6 Å². The van der Waals surface area contributed by atoms with Gasteiger partial charge in [0.05, 0.1) is 0 Å². The standard InChI is InChI=1S/C10H16O2/c1-3-7-10(2)8-5-4-6-9(11)12-10/h3H,1,4-8H2,2H3/t10-/m1/s1. The first-order valence-corrected chi connectivity index (χ1v) is 4.49. The number of rotatable bonds is 2. The van der Waals surface area contributed by atoms with Crippen molar-refractivity contribution < 1.29 is 9.53 Å². The van der Waals surface area contributed by atoms with Gasteiger partial charge in [0.2, 0.25) is 0 Å². The lowest BCUT2D eigenvalue weighted by Crippen LogP contribution is -2.29. The summed E-state index contributed by atoms with van der Waals surface area (Å²) in [6, 6.07) is 0. The van der Waals surface area contributed by atoms with Crippen LogP contribution < -0.4 is 0 Å². The van der Waals surface area contributed by atoms with Crippen molar-refractivity contribution in [3.05, 3.63) is 12.7 Å². The van der Waals surface area contributed by atoms with Crippen LogP contribution in [0.15, 0.2) is 12.7 Å². The molecular formula is C10H16O2. The van der Waals surface area contributed by atoms with E-state index in [1.54, 1.807) is 0 Å². The van der Waals surface area contributed by atoms with Gasteiger partial charge in [0.15, 0.2) is 0 Å². The van der Waals surface area contributed by atoms with Crippen LogP contribution in [0.25, 0.3) is 0 Å². The first-order valence-electron chi connectivity index (χ1n) is 4.49. The predicted octanol–water partition coefficient (Wildman–Crippen LogP) is 2.44. The zero-order chi connectivity index (χ0) is 9.03. The van der Waals surface area contributed by atoms with Crippen LogP contribution in [0, 0.1) is 0 Å². The monoisotopic (exact) mass is 168 g/mol. The highest BCUT2D eigenvalue weighted by Crippen LogP contribution is 2.27. The molecule has 1 aliphatic heterocycles. The van der Waals surface area contributed by atoms with E-state index in [4.69, 9.17) is 4.74 Å². The summed E-state index contributed by atoms with van der Waals surface area (Å²) in [5.41, 5.74) is -0.282. The summed E-state index contributed by atoms with van der Waals surface area (Å²) in [5.74, 6) is -0.0585. The van der Waals surface area contributed by atoms with Crippen LogP contribution in [0.5, 0.6) is 0 Å². The fourth-order valence-corrected chi connectivity index (χ4v) is 1.59. The minimum absolute atomic E-state index is 0.0585. The van der Waals surface area contributed by atoms with Crippen molar-refractivity contribution in [2.24, 2.45) is 0 Å². The van der Waals surface area contributed by atoms with Gasteiger partial charge in [0.1, 0.15) is 5.60 Å². The Hall–Kier alpha value is -0.790. The van der Waals surface area contributed by atoms with E-state index in [1.807, 2.05) is 13.0 Å². The van der Waals surface area contributed by atoms with E-state index >= 15 is 0 Å². The smallest absolute Gasteiger partial charge is 0.306 e. The van der Waals surface area contributed by atoms with Gasteiger partial charge in [-0.2, -0.15) is 0 Å². The maximum Gasteiger partial charge on any atom is 0.306 e. The maximum absolute atomic E-state index is 11.1. The zero-order valence-electron chi connectivity index (χ0n) is 7.64. The molecule has 0 N–H and O–H groups in total. The Labute approximate surface area is 73.6 Å². The lowest BCUT2D eigenvalue weighted by Gasteiger charge is -2.26. The van der Waals surface area contributed by atoms with Gasteiger partial charge in [0, 0.05) is 12.8 Å². The van der Waals surface area contributed by atoms with Gasteiger partial charge in [-0.1, -0.05) is 6.08 Å². The molecule has 1 atom stereocenters. The average molecular weight is 168 g/mol. The van der Waals surface area contributed by atoms with Crippen molar-refractivity contribution in [3.63, 3.8) is 0 Å². The third kappa shape index (κ3) is 2.36. The van der Waals surface area contributed by atoms with Crippen LogP contribution in [0.2, 0.25) is 0 Å². The Balaban J connectivity index is 2.60. The van der Waals surface area contributed by atoms with Gasteiger partial charge in [0.25, 0.3) is 0 Å². The van der Waals surface area contributed by atoms with Crippen molar-refractivity contribution in [2.75, 3.05) is 0 Å². The van der Waals surface area contributed by atoms with E-state index < -0.39 is 0 Å². The lowest BCUT2D eigenvalue weighted by molar-refractivity contribution is -0.156. The van der Waals surface area contributed by atoms with Gasteiger partial charge in [-0.05, 0) is 26.2 Å². The molecule has 1 heterocycles. The Morgan fingerprint density at radius 1 is 1.67 bits per heavy atom. The molecule has 0 aliphatic carbocycles. The topological polar surface area (TPSA) is 26.3 Å². The lowest BCUT2D eigenvalue weighted by atomic mass is 9.96. The maximum atomic E-state index is 11.1. The largest absolute Gasteiger partial charge is 0.459 e. The normalized spacial score (nSPS) is 30.6. The molecule has 12 heavy (non-hydrogen) atoms. The molecular weight excluding hydrogens is 152 g/mol. The Kier molecular flexibility index (Phi) is 2.90. The molecule has 0 aromatic rings. The second-order valence-electron chi connectivity index (χ2n) is 3.62. The van der Waals surface area contributed by atoms with Gasteiger partial charge in [-0.25, -0.2) is 0 Å². The van der Waals surface area contributed by atoms with Crippen LogP contribution in [0.1, 0.15) is 39.0 Å². The van der Waals surface area contributed by atoms with Crippen molar-refractivity contribution in [3.8, 4) is 0 Å². The molecule has 0 bridgehead atoms. The van der Waals surface area contributed by atoms with Gasteiger partial charge in [-0.15, -0.1) is 6.58 Å². The summed E-state index contributed by atoms with van der Waals surface area (Å²) >= 11 is 0. The molecule has 1 aliphatic rings. The van der Waals surface area contributed by atoms with Gasteiger partial charge < -0.3 is 4.74 Å². The first-order chi connectivity index (χ1) is 5.66. The van der Waals surface area contributed by atoms with E-state index in [0.717, 1.165) is 25.7 Å². The van der Waals surface area contributed by atoms with E-state index in [2.05, 4.69) is 6.58 Å². The molecule has 0 spiro atoms. The molecule has 2 nitrogen and oxygen atoms in total. The second-order valence-corrected chi connectivity index (χ2v) is 3.62. The minimum Gasteiger partial charge on any atom is -0.459 e. The fraction of sp³-hybridized carbons (Fsp3) is 0.700. The van der Waals surface area contributed by atoms with Crippen LogP contribution in [0.4, 0.5) is 0 Å². The predicted molar refractivity (Wildman–Crippen MR) is 47.8 cm³/mol. The highest BCUT2D eigenvalue weighted by atomic mass is 16.6. The zero-order valence-corrected chi connectivity index (χ0v) is 7.64.